The molecular formula is C22H27F3N5. The van der Waals surface area contributed by atoms with E-state index in [1.54, 1.807) is 6.33 Å². The lowest BCUT2D eigenvalue weighted by atomic mass is 10.1. The summed E-state index contributed by atoms with van der Waals surface area (Å²) in [5, 5.41) is 2.90. The molecule has 4 rings (SSSR count). The van der Waals surface area contributed by atoms with E-state index in [1.165, 1.54) is 11.6 Å². The van der Waals surface area contributed by atoms with Crippen molar-refractivity contribution in [2.75, 3.05) is 41.3 Å². The van der Waals surface area contributed by atoms with Crippen LogP contribution in [0.25, 0.3) is 0 Å². The third-order valence-corrected chi connectivity index (χ3v) is 5.84. The zero-order chi connectivity index (χ0) is 21.5. The van der Waals surface area contributed by atoms with E-state index in [4.69, 9.17) is 0 Å². The highest BCUT2D eigenvalue weighted by molar-refractivity contribution is 5.63. The Bertz CT molecular complexity index is 904. The summed E-state index contributed by atoms with van der Waals surface area (Å²) < 4.78 is 40.1. The van der Waals surface area contributed by atoms with Gasteiger partial charge in [-0.15, -0.1) is 0 Å². The fraction of sp³-hybridized carbons (Fsp3) is 0.545. The van der Waals surface area contributed by atoms with Crippen molar-refractivity contribution in [3.05, 3.63) is 41.3 Å². The van der Waals surface area contributed by atoms with Gasteiger partial charge < -0.3 is 15.1 Å². The zero-order valence-electron chi connectivity index (χ0n) is 17.6. The standard InChI is InChI=1S/C22H27F3N5/c1-14(2)28-19-12-16(5-6-17(19)22(23,24)25)29-8-10-30(11-9-29)21-20-15(3)4-7-18(20)26-13-27-21/h5-6,13-15,28H,4,7-11H2,1-3H3/t15-/m1/s1. The Kier molecular flexibility index (Phi) is 5.51. The largest absolute Gasteiger partial charge is 0.418 e. The van der Waals surface area contributed by atoms with Crippen LogP contribution in [0.3, 0.4) is 0 Å². The number of aromatic nitrogens is 2. The highest BCUT2D eigenvalue weighted by Gasteiger charge is 2.34. The van der Waals surface area contributed by atoms with E-state index in [2.05, 4.69) is 38.1 Å². The summed E-state index contributed by atoms with van der Waals surface area (Å²) >= 11 is 0. The smallest absolute Gasteiger partial charge is 0.382 e. The van der Waals surface area contributed by atoms with Crippen molar-refractivity contribution in [2.24, 2.45) is 0 Å². The number of anilines is 3. The number of aryl methyl sites for hydroxylation is 1. The average Bonchev–Trinajstić information content (AvgIpc) is 3.08. The summed E-state index contributed by atoms with van der Waals surface area (Å²) in [4.78, 5) is 13.4. The number of benzene rings is 1. The number of nitrogens with one attached hydrogen (secondary N) is 1. The number of nitrogens with zero attached hydrogens (tertiary/aromatic N) is 4. The molecule has 0 amide bonds. The van der Waals surface area contributed by atoms with Gasteiger partial charge in [0.05, 0.1) is 11.3 Å². The summed E-state index contributed by atoms with van der Waals surface area (Å²) in [6.45, 7) is 8.79. The first kappa shape index (κ1) is 20.8. The van der Waals surface area contributed by atoms with E-state index < -0.39 is 11.7 Å². The van der Waals surface area contributed by atoms with E-state index in [0.717, 1.165) is 43.5 Å². The van der Waals surface area contributed by atoms with Crippen molar-refractivity contribution in [3.8, 4) is 0 Å². The van der Waals surface area contributed by atoms with Gasteiger partial charge in [0, 0.05) is 55.2 Å². The molecule has 1 radical (unpaired) electrons. The van der Waals surface area contributed by atoms with Crippen LogP contribution in [0.4, 0.5) is 30.4 Å². The minimum atomic E-state index is -4.41. The monoisotopic (exact) mass is 418 g/mol. The highest BCUT2D eigenvalue weighted by atomic mass is 19.4. The quantitative estimate of drug-likeness (QED) is 0.793. The number of rotatable bonds is 4. The molecule has 1 saturated heterocycles. The summed E-state index contributed by atoms with van der Waals surface area (Å²) in [7, 11) is 0. The molecule has 1 aliphatic heterocycles. The fourth-order valence-corrected chi connectivity index (χ4v) is 4.34. The molecule has 8 heteroatoms. The van der Waals surface area contributed by atoms with E-state index in [9.17, 15) is 13.2 Å². The fourth-order valence-electron chi connectivity index (χ4n) is 4.34. The van der Waals surface area contributed by atoms with Gasteiger partial charge >= 0.3 is 6.18 Å². The molecule has 0 bridgehead atoms. The molecule has 1 atom stereocenters. The van der Waals surface area contributed by atoms with Crippen molar-refractivity contribution in [1.29, 1.82) is 0 Å². The third-order valence-electron chi connectivity index (χ3n) is 5.84. The first-order valence-electron chi connectivity index (χ1n) is 10.5. The van der Waals surface area contributed by atoms with Gasteiger partial charge in [-0.25, -0.2) is 9.97 Å². The SMILES string of the molecule is CC(C)Nc1[c]c(N2CCN(c3ncnc4c3[C@H](C)CC4)CC2)ccc1C(F)(F)F. The maximum absolute atomic E-state index is 13.4. The second kappa shape index (κ2) is 7.96. The van der Waals surface area contributed by atoms with E-state index in [-0.39, 0.29) is 11.7 Å². The van der Waals surface area contributed by atoms with Crippen molar-refractivity contribution in [3.63, 3.8) is 0 Å². The molecule has 5 nitrogen and oxygen atoms in total. The summed E-state index contributed by atoms with van der Waals surface area (Å²) in [6.07, 6.45) is -0.660. The van der Waals surface area contributed by atoms with Crippen molar-refractivity contribution >= 4 is 17.2 Å². The zero-order valence-corrected chi connectivity index (χ0v) is 17.6. The van der Waals surface area contributed by atoms with Crippen LogP contribution in [0.5, 0.6) is 0 Å². The van der Waals surface area contributed by atoms with Crippen molar-refractivity contribution < 1.29 is 13.2 Å². The van der Waals surface area contributed by atoms with Gasteiger partial charge in [-0.3, -0.25) is 0 Å². The number of halogens is 3. The lowest BCUT2D eigenvalue weighted by Gasteiger charge is -2.37. The second-order valence-corrected chi connectivity index (χ2v) is 8.40. The Hall–Kier alpha value is -2.51. The van der Waals surface area contributed by atoms with E-state index >= 15 is 0 Å². The highest BCUT2D eigenvalue weighted by Crippen LogP contribution is 2.39. The Morgan fingerprint density at radius 2 is 1.80 bits per heavy atom. The molecule has 30 heavy (non-hydrogen) atoms. The summed E-state index contributed by atoms with van der Waals surface area (Å²) in [6, 6.07) is 5.54. The van der Waals surface area contributed by atoms with Gasteiger partial charge in [-0.2, -0.15) is 13.2 Å². The topological polar surface area (TPSA) is 44.3 Å². The maximum atomic E-state index is 13.4. The predicted octanol–water partition coefficient (Wildman–Crippen LogP) is 4.49. The van der Waals surface area contributed by atoms with Crippen LogP contribution in [-0.2, 0) is 12.6 Å². The predicted molar refractivity (Wildman–Crippen MR) is 112 cm³/mol. The Balaban J connectivity index is 1.52. The van der Waals surface area contributed by atoms with Gasteiger partial charge in [0.25, 0.3) is 0 Å². The van der Waals surface area contributed by atoms with Crippen LogP contribution in [-0.4, -0.2) is 42.2 Å². The molecule has 1 aliphatic carbocycles. The van der Waals surface area contributed by atoms with Crippen LogP contribution < -0.4 is 15.1 Å². The number of hydrogen-bond acceptors (Lipinski definition) is 5. The molecule has 1 fully saturated rings. The summed E-state index contributed by atoms with van der Waals surface area (Å²) in [5.74, 6) is 1.48. The molecule has 1 aromatic heterocycles. The van der Waals surface area contributed by atoms with E-state index in [1.807, 2.05) is 13.8 Å². The van der Waals surface area contributed by atoms with Crippen LogP contribution >= 0.6 is 0 Å². The van der Waals surface area contributed by atoms with Crippen LogP contribution in [0, 0.1) is 6.07 Å². The molecule has 2 aromatic rings. The van der Waals surface area contributed by atoms with Crippen molar-refractivity contribution in [1.82, 2.24) is 9.97 Å². The van der Waals surface area contributed by atoms with Gasteiger partial charge in [-0.1, -0.05) is 6.92 Å². The lowest BCUT2D eigenvalue weighted by molar-refractivity contribution is -0.137. The molecule has 0 saturated carbocycles. The Morgan fingerprint density at radius 1 is 1.10 bits per heavy atom. The van der Waals surface area contributed by atoms with E-state index in [0.29, 0.717) is 24.7 Å². The number of piperazine rings is 1. The van der Waals surface area contributed by atoms with Crippen LogP contribution in [0.2, 0.25) is 0 Å². The number of fused-ring (bicyclic) bond motifs is 1. The Morgan fingerprint density at radius 3 is 2.47 bits per heavy atom. The Labute approximate surface area is 175 Å². The molecule has 0 spiro atoms. The van der Waals surface area contributed by atoms with Crippen molar-refractivity contribution in [2.45, 2.75) is 51.7 Å². The summed E-state index contributed by atoms with van der Waals surface area (Å²) in [5.41, 5.74) is 2.43. The molecule has 0 unspecified atom stereocenters. The first-order chi connectivity index (χ1) is 14.2. The molecule has 2 aliphatic rings. The molecule has 1 aromatic carbocycles. The van der Waals surface area contributed by atoms with Gasteiger partial charge in [-0.05, 0) is 44.7 Å². The molecule has 1 N–H and O–H groups in total. The van der Waals surface area contributed by atoms with Crippen LogP contribution in [0.15, 0.2) is 18.5 Å². The molecular weight excluding hydrogens is 391 g/mol. The minimum absolute atomic E-state index is 0.0138. The number of hydrogen-bond donors (Lipinski definition) is 1. The lowest BCUT2D eigenvalue weighted by Crippen LogP contribution is -2.47. The van der Waals surface area contributed by atoms with Gasteiger partial charge in [0.1, 0.15) is 12.1 Å². The normalized spacial score (nSPS) is 19.4. The molecule has 2 heterocycles. The molecule has 161 valence electrons. The van der Waals surface area contributed by atoms with Gasteiger partial charge in [0.2, 0.25) is 0 Å². The minimum Gasteiger partial charge on any atom is -0.382 e. The van der Waals surface area contributed by atoms with Crippen LogP contribution in [0.1, 0.15) is 49.9 Å². The number of alkyl halides is 3. The average molecular weight is 418 g/mol. The first-order valence-corrected chi connectivity index (χ1v) is 10.5. The second-order valence-electron chi connectivity index (χ2n) is 8.40. The van der Waals surface area contributed by atoms with Gasteiger partial charge in [0.15, 0.2) is 0 Å². The maximum Gasteiger partial charge on any atom is 0.418 e. The third kappa shape index (κ3) is 4.04.